The van der Waals surface area contributed by atoms with E-state index in [-0.39, 0.29) is 10.8 Å². The summed E-state index contributed by atoms with van der Waals surface area (Å²) in [4.78, 5) is 4.59. The van der Waals surface area contributed by atoms with Crippen LogP contribution in [-0.4, -0.2) is 30.6 Å². The van der Waals surface area contributed by atoms with Crippen LogP contribution in [0.25, 0.3) is 11.4 Å². The quantitative estimate of drug-likeness (QED) is 0.628. The lowest BCUT2D eigenvalue weighted by molar-refractivity contribution is 0.343. The van der Waals surface area contributed by atoms with Gasteiger partial charge in [-0.2, -0.15) is 32.8 Å². The Hall–Kier alpha value is -1.68. The average Bonchev–Trinajstić information content (AvgIpc) is 3.30. The maximum Gasteiger partial charge on any atom is 0.245 e. The summed E-state index contributed by atoms with van der Waals surface area (Å²) in [6.07, 6.45) is 2.52. The Morgan fingerprint density at radius 3 is 2.76 bits per heavy atom. The van der Waals surface area contributed by atoms with Crippen LogP contribution in [-0.2, 0) is 10.0 Å². The van der Waals surface area contributed by atoms with Gasteiger partial charge in [0.25, 0.3) is 0 Å². The smallest absolute Gasteiger partial charge is 0.245 e. The van der Waals surface area contributed by atoms with Crippen molar-refractivity contribution in [2.45, 2.75) is 17.4 Å². The molecule has 132 valence electrons. The summed E-state index contributed by atoms with van der Waals surface area (Å²) < 4.78 is 33.2. The second-order valence-electron chi connectivity index (χ2n) is 5.24. The van der Waals surface area contributed by atoms with Gasteiger partial charge >= 0.3 is 0 Å². The highest BCUT2D eigenvalue weighted by atomic mass is 32.2. The molecule has 3 aromatic rings. The molecule has 1 atom stereocenters. The molecule has 0 spiro atoms. The van der Waals surface area contributed by atoms with E-state index in [4.69, 9.17) is 4.52 Å². The minimum absolute atomic E-state index is 0.210. The zero-order valence-electron chi connectivity index (χ0n) is 13.5. The lowest BCUT2D eigenvalue weighted by Gasteiger charge is -2.14. The molecular weight excluding hydrogens is 378 g/mol. The van der Waals surface area contributed by atoms with E-state index in [9.17, 15) is 8.42 Å². The number of nitrogens with one attached hydrogen (secondary N) is 1. The molecule has 1 aromatic carbocycles. The molecule has 0 aliphatic rings. The fourth-order valence-corrected chi connectivity index (χ4v) is 4.56. The maximum absolute atomic E-state index is 12.6. The predicted octanol–water partition coefficient (Wildman–Crippen LogP) is 3.57. The van der Waals surface area contributed by atoms with Gasteiger partial charge in [0.05, 0.1) is 4.90 Å². The van der Waals surface area contributed by atoms with Crippen LogP contribution in [0.15, 0.2) is 56.6 Å². The molecule has 9 heteroatoms. The van der Waals surface area contributed by atoms with Crippen molar-refractivity contribution in [3.05, 3.63) is 53.0 Å². The minimum atomic E-state index is -3.67. The van der Waals surface area contributed by atoms with Crippen molar-refractivity contribution in [2.75, 3.05) is 12.0 Å². The first-order valence-electron chi connectivity index (χ1n) is 7.52. The first-order valence-corrected chi connectivity index (χ1v) is 11.3. The summed E-state index contributed by atoms with van der Waals surface area (Å²) >= 11 is 3.16. The average molecular weight is 396 g/mol. The van der Waals surface area contributed by atoms with Gasteiger partial charge in [-0.25, -0.2) is 8.42 Å². The topological polar surface area (TPSA) is 85.1 Å². The second kappa shape index (κ2) is 8.13. The van der Waals surface area contributed by atoms with Crippen LogP contribution < -0.4 is 4.72 Å². The zero-order valence-corrected chi connectivity index (χ0v) is 15.9. The Balaban J connectivity index is 1.85. The first-order chi connectivity index (χ1) is 12.1. The van der Waals surface area contributed by atoms with Crippen molar-refractivity contribution in [3.8, 4) is 11.4 Å². The Bertz CT molecular complexity index is 893. The molecule has 0 saturated carbocycles. The van der Waals surface area contributed by atoms with Gasteiger partial charge in [-0.15, -0.1) is 0 Å². The van der Waals surface area contributed by atoms with Gasteiger partial charge in [-0.1, -0.05) is 23.4 Å². The monoisotopic (exact) mass is 395 g/mol. The first kappa shape index (κ1) is 18.1. The number of aromatic nitrogens is 2. The van der Waals surface area contributed by atoms with Gasteiger partial charge in [-0.3, -0.25) is 0 Å². The number of rotatable bonds is 8. The fourth-order valence-electron chi connectivity index (χ4n) is 2.21. The molecule has 0 fully saturated rings. The third-order valence-electron chi connectivity index (χ3n) is 3.48. The summed E-state index contributed by atoms with van der Waals surface area (Å²) in [5, 5.41) is 7.81. The molecule has 0 amide bonds. The van der Waals surface area contributed by atoms with Crippen LogP contribution in [0.5, 0.6) is 0 Å². The van der Waals surface area contributed by atoms with Crippen LogP contribution in [0.2, 0.25) is 0 Å². The Labute approximate surface area is 154 Å². The zero-order chi connectivity index (χ0) is 17.7. The molecule has 25 heavy (non-hydrogen) atoms. The summed E-state index contributed by atoms with van der Waals surface area (Å²) in [5.41, 5.74) is 0.856. The third kappa shape index (κ3) is 4.49. The molecule has 1 N–H and O–H groups in total. The predicted molar refractivity (Wildman–Crippen MR) is 100 cm³/mol. The van der Waals surface area contributed by atoms with Crippen LogP contribution in [0, 0.1) is 0 Å². The Morgan fingerprint density at radius 2 is 2.08 bits per heavy atom. The number of hydrogen-bond acceptors (Lipinski definition) is 7. The van der Waals surface area contributed by atoms with Crippen molar-refractivity contribution in [1.82, 2.24) is 14.9 Å². The number of thioether (sulfide) groups is 1. The van der Waals surface area contributed by atoms with Crippen molar-refractivity contribution < 1.29 is 12.9 Å². The standard InChI is InChI=1S/C16H17N3O3S3/c1-23-9-8-14(19-25(20,21)13-5-3-2-4-6-13)16-17-15(18-22-16)12-7-10-24-11-12/h2-7,10-11,14,19H,8-9H2,1H3. The molecule has 0 aliphatic carbocycles. The fraction of sp³-hybridized carbons (Fsp3) is 0.250. The molecule has 3 rings (SSSR count). The molecule has 6 nitrogen and oxygen atoms in total. The molecule has 2 aromatic heterocycles. The van der Waals surface area contributed by atoms with Crippen molar-refractivity contribution in [3.63, 3.8) is 0 Å². The van der Waals surface area contributed by atoms with E-state index in [1.807, 2.05) is 23.1 Å². The van der Waals surface area contributed by atoms with Crippen LogP contribution in [0.1, 0.15) is 18.4 Å². The van der Waals surface area contributed by atoms with Gasteiger partial charge in [0.2, 0.25) is 21.7 Å². The Kier molecular flexibility index (Phi) is 5.89. The van der Waals surface area contributed by atoms with Crippen molar-refractivity contribution >= 4 is 33.1 Å². The molecule has 2 heterocycles. The summed E-state index contributed by atoms with van der Waals surface area (Å²) in [5.74, 6) is 1.50. The van der Waals surface area contributed by atoms with E-state index in [1.54, 1.807) is 42.1 Å². The Morgan fingerprint density at radius 1 is 1.28 bits per heavy atom. The second-order valence-corrected chi connectivity index (χ2v) is 8.72. The molecular formula is C16H17N3O3S3. The molecule has 1 unspecified atom stereocenters. The van der Waals surface area contributed by atoms with E-state index >= 15 is 0 Å². The summed E-state index contributed by atoms with van der Waals surface area (Å²) in [6, 6.07) is 9.58. The lowest BCUT2D eigenvalue weighted by atomic mass is 10.2. The lowest BCUT2D eigenvalue weighted by Crippen LogP contribution is -2.29. The van der Waals surface area contributed by atoms with E-state index in [0.29, 0.717) is 12.2 Å². The van der Waals surface area contributed by atoms with E-state index < -0.39 is 16.1 Å². The minimum Gasteiger partial charge on any atom is -0.337 e. The highest BCUT2D eigenvalue weighted by Gasteiger charge is 2.26. The van der Waals surface area contributed by atoms with Gasteiger partial charge in [0.1, 0.15) is 6.04 Å². The van der Waals surface area contributed by atoms with Crippen LogP contribution in [0.4, 0.5) is 0 Å². The van der Waals surface area contributed by atoms with Gasteiger partial charge in [-0.05, 0) is 42.0 Å². The van der Waals surface area contributed by atoms with Gasteiger partial charge < -0.3 is 4.52 Å². The number of benzene rings is 1. The largest absolute Gasteiger partial charge is 0.337 e. The highest BCUT2D eigenvalue weighted by molar-refractivity contribution is 7.98. The number of sulfonamides is 1. The van der Waals surface area contributed by atoms with E-state index in [0.717, 1.165) is 11.3 Å². The summed E-state index contributed by atoms with van der Waals surface area (Å²) in [7, 11) is -3.67. The van der Waals surface area contributed by atoms with Crippen LogP contribution >= 0.6 is 23.1 Å². The van der Waals surface area contributed by atoms with Crippen LogP contribution in [0.3, 0.4) is 0 Å². The summed E-state index contributed by atoms with van der Waals surface area (Å²) in [6.45, 7) is 0. The molecule has 0 bridgehead atoms. The van der Waals surface area contributed by atoms with Gasteiger partial charge in [0, 0.05) is 10.9 Å². The van der Waals surface area contributed by atoms with Crippen molar-refractivity contribution in [2.24, 2.45) is 0 Å². The third-order valence-corrected chi connectivity index (χ3v) is 6.30. The molecule has 0 saturated heterocycles. The van der Waals surface area contributed by atoms with E-state index in [2.05, 4.69) is 14.9 Å². The van der Waals surface area contributed by atoms with Gasteiger partial charge in [0.15, 0.2) is 0 Å². The molecule has 0 radical (unpaired) electrons. The normalized spacial score (nSPS) is 13.0. The van der Waals surface area contributed by atoms with E-state index in [1.165, 1.54) is 11.3 Å². The SMILES string of the molecule is CSCCC(NS(=O)(=O)c1ccccc1)c1nc(-c2ccsc2)no1. The number of thiophene rings is 1. The van der Waals surface area contributed by atoms with Crippen molar-refractivity contribution in [1.29, 1.82) is 0 Å². The maximum atomic E-state index is 12.6. The highest BCUT2D eigenvalue weighted by Crippen LogP contribution is 2.24. The molecule has 0 aliphatic heterocycles. The number of hydrogen-bond donors (Lipinski definition) is 1. The number of nitrogens with zero attached hydrogens (tertiary/aromatic N) is 2.